The number of carbonyl (C=O) groups is 3. The first-order valence-electron chi connectivity index (χ1n) is 11.4. The Hall–Kier alpha value is -4.46. The maximum absolute atomic E-state index is 13.2. The maximum Gasteiger partial charge on any atom is 0.325 e. The van der Waals surface area contributed by atoms with Crippen LogP contribution in [0.2, 0.25) is 0 Å². The second kappa shape index (κ2) is 9.06. The monoisotopic (exact) mass is 467 g/mol. The number of hydrogen-bond acceptors (Lipinski definition) is 4. The van der Waals surface area contributed by atoms with Crippen LogP contribution in [0.1, 0.15) is 23.6 Å². The Balaban J connectivity index is 1.20. The predicted octanol–water partition coefficient (Wildman–Crippen LogP) is 3.17. The Morgan fingerprint density at radius 3 is 2.46 bits per heavy atom. The molecule has 2 heterocycles. The Kier molecular flexibility index (Phi) is 5.78. The summed E-state index contributed by atoms with van der Waals surface area (Å²) >= 11 is 0. The molecule has 1 aliphatic rings. The summed E-state index contributed by atoms with van der Waals surface area (Å²) in [5.41, 5.74) is 1.45. The number of amides is 4. The van der Waals surface area contributed by atoms with Gasteiger partial charge in [-0.3, -0.25) is 19.2 Å². The van der Waals surface area contributed by atoms with Crippen molar-refractivity contribution in [3.8, 4) is 0 Å². The Morgan fingerprint density at radius 1 is 0.971 bits per heavy atom. The number of urea groups is 1. The number of benzene rings is 3. The van der Waals surface area contributed by atoms with Crippen molar-refractivity contribution in [2.24, 2.45) is 0 Å². The van der Waals surface area contributed by atoms with Crippen LogP contribution in [0.15, 0.2) is 85.2 Å². The largest absolute Gasteiger partial charge is 0.350 e. The van der Waals surface area contributed by atoms with Gasteiger partial charge in [0.15, 0.2) is 0 Å². The summed E-state index contributed by atoms with van der Waals surface area (Å²) in [7, 11) is 0. The topological polar surface area (TPSA) is 96.3 Å². The van der Waals surface area contributed by atoms with Crippen molar-refractivity contribution in [3.05, 3.63) is 102 Å². The molecule has 2 N–H and O–H groups in total. The molecule has 4 amide bonds. The second-order valence-electron chi connectivity index (χ2n) is 8.81. The zero-order valence-electron chi connectivity index (χ0n) is 19.3. The fourth-order valence-corrected chi connectivity index (χ4v) is 4.28. The smallest absolute Gasteiger partial charge is 0.325 e. The molecule has 1 aromatic heterocycles. The predicted molar refractivity (Wildman–Crippen MR) is 131 cm³/mol. The summed E-state index contributed by atoms with van der Waals surface area (Å²) in [5.74, 6) is -0.854. The third-order valence-corrected chi connectivity index (χ3v) is 6.32. The fourth-order valence-electron chi connectivity index (χ4n) is 4.28. The van der Waals surface area contributed by atoms with Crippen molar-refractivity contribution < 1.29 is 14.4 Å². The van der Waals surface area contributed by atoms with E-state index in [1.807, 2.05) is 83.7 Å². The van der Waals surface area contributed by atoms with Crippen LogP contribution in [-0.4, -0.2) is 39.1 Å². The molecule has 3 aromatic carbocycles. The lowest BCUT2D eigenvalue weighted by molar-refractivity contribution is -0.134. The van der Waals surface area contributed by atoms with Crippen LogP contribution in [0.3, 0.4) is 0 Å². The summed E-state index contributed by atoms with van der Waals surface area (Å²) < 4.78 is 1.83. The van der Waals surface area contributed by atoms with Gasteiger partial charge >= 0.3 is 6.03 Å². The summed E-state index contributed by atoms with van der Waals surface area (Å²) in [6.45, 7) is 2.29. The normalized spacial score (nSPS) is 17.6. The molecule has 0 saturated carbocycles. The van der Waals surface area contributed by atoms with Gasteiger partial charge in [-0.1, -0.05) is 60.7 Å². The molecule has 176 valence electrons. The van der Waals surface area contributed by atoms with Crippen molar-refractivity contribution >= 4 is 28.6 Å². The highest BCUT2D eigenvalue weighted by molar-refractivity contribution is 6.09. The minimum atomic E-state index is -1.23. The van der Waals surface area contributed by atoms with E-state index in [0.29, 0.717) is 18.7 Å². The van der Waals surface area contributed by atoms with Gasteiger partial charge in [0, 0.05) is 18.9 Å². The molecule has 0 spiro atoms. The van der Waals surface area contributed by atoms with E-state index in [0.717, 1.165) is 26.8 Å². The van der Waals surface area contributed by atoms with Crippen LogP contribution in [0.5, 0.6) is 0 Å². The molecule has 0 bridgehead atoms. The number of rotatable bonds is 7. The molecule has 4 aromatic rings. The Bertz CT molecular complexity index is 1400. The van der Waals surface area contributed by atoms with E-state index in [4.69, 9.17) is 0 Å². The Morgan fingerprint density at radius 2 is 1.71 bits per heavy atom. The van der Waals surface area contributed by atoms with Gasteiger partial charge in [-0.05, 0) is 46.5 Å². The average molecular weight is 468 g/mol. The number of imide groups is 1. The van der Waals surface area contributed by atoms with Crippen LogP contribution in [0.4, 0.5) is 4.79 Å². The van der Waals surface area contributed by atoms with E-state index in [9.17, 15) is 14.4 Å². The molecule has 0 radical (unpaired) electrons. The first-order valence-corrected chi connectivity index (χ1v) is 11.4. The van der Waals surface area contributed by atoms with E-state index < -0.39 is 23.4 Å². The summed E-state index contributed by atoms with van der Waals surface area (Å²) in [6, 6.07) is 22.6. The zero-order valence-corrected chi connectivity index (χ0v) is 19.3. The number of fused-ring (bicyclic) bond motifs is 1. The molecule has 35 heavy (non-hydrogen) atoms. The maximum atomic E-state index is 13.2. The molecular formula is C27H25N5O3. The summed E-state index contributed by atoms with van der Waals surface area (Å²) in [4.78, 5) is 39.4. The lowest BCUT2D eigenvalue weighted by Crippen LogP contribution is -2.43. The minimum absolute atomic E-state index is 0.298. The number of hydrogen-bond donors (Lipinski definition) is 2. The highest BCUT2D eigenvalue weighted by Gasteiger charge is 2.49. The lowest BCUT2D eigenvalue weighted by Gasteiger charge is -2.22. The van der Waals surface area contributed by atoms with E-state index in [1.54, 1.807) is 13.1 Å². The van der Waals surface area contributed by atoms with E-state index in [2.05, 4.69) is 15.7 Å². The number of carbonyl (C=O) groups excluding carboxylic acids is 3. The first-order chi connectivity index (χ1) is 16.9. The van der Waals surface area contributed by atoms with Crippen LogP contribution in [-0.2, 0) is 28.2 Å². The van der Waals surface area contributed by atoms with Crippen molar-refractivity contribution in [1.82, 2.24) is 25.3 Å². The summed E-state index contributed by atoms with van der Waals surface area (Å²) in [5, 5.41) is 11.8. The molecular weight excluding hydrogens is 442 g/mol. The molecule has 8 nitrogen and oxygen atoms in total. The lowest BCUT2D eigenvalue weighted by atomic mass is 9.90. The summed E-state index contributed by atoms with van der Waals surface area (Å²) in [6.07, 6.45) is 3.63. The molecule has 1 saturated heterocycles. The van der Waals surface area contributed by atoms with Gasteiger partial charge in [-0.25, -0.2) is 4.79 Å². The van der Waals surface area contributed by atoms with Crippen LogP contribution in [0, 0.1) is 0 Å². The van der Waals surface area contributed by atoms with Crippen molar-refractivity contribution in [2.45, 2.75) is 25.6 Å². The number of nitrogens with zero attached hydrogens (tertiary/aromatic N) is 3. The third kappa shape index (κ3) is 4.50. The van der Waals surface area contributed by atoms with Crippen molar-refractivity contribution in [2.75, 3.05) is 6.54 Å². The Labute approximate surface area is 202 Å². The van der Waals surface area contributed by atoms with Gasteiger partial charge in [0.1, 0.15) is 12.1 Å². The van der Waals surface area contributed by atoms with E-state index in [-0.39, 0.29) is 6.54 Å². The standard InChI is InChI=1S/C27H25N5O3/c1-27(23-12-11-21-5-2-3-6-22(21)15-23)25(34)32(26(35)30-27)18-24(33)28-16-19-7-9-20(10-8-19)17-31-14-4-13-29-31/h2-15H,16-18H2,1H3,(H,28,33)(H,30,35)/t27-/m0/s1. The van der Waals surface area contributed by atoms with Crippen molar-refractivity contribution in [3.63, 3.8) is 0 Å². The van der Waals surface area contributed by atoms with E-state index >= 15 is 0 Å². The molecule has 1 fully saturated rings. The van der Waals surface area contributed by atoms with Gasteiger partial charge in [-0.2, -0.15) is 5.10 Å². The molecule has 5 rings (SSSR count). The zero-order chi connectivity index (χ0) is 24.4. The van der Waals surface area contributed by atoms with Gasteiger partial charge < -0.3 is 10.6 Å². The molecule has 1 atom stereocenters. The van der Waals surface area contributed by atoms with Gasteiger partial charge in [0.05, 0.1) is 6.54 Å². The second-order valence-corrected chi connectivity index (χ2v) is 8.81. The number of aromatic nitrogens is 2. The minimum Gasteiger partial charge on any atom is -0.350 e. The van der Waals surface area contributed by atoms with Gasteiger partial charge in [0.2, 0.25) is 5.91 Å². The fraction of sp³-hybridized carbons (Fsp3) is 0.185. The van der Waals surface area contributed by atoms with E-state index in [1.165, 1.54) is 0 Å². The average Bonchev–Trinajstić information content (AvgIpc) is 3.46. The number of nitrogens with one attached hydrogen (secondary N) is 2. The van der Waals surface area contributed by atoms with Crippen LogP contribution >= 0.6 is 0 Å². The molecule has 0 aliphatic carbocycles. The quantitative estimate of drug-likeness (QED) is 0.408. The van der Waals surface area contributed by atoms with Crippen LogP contribution in [0.25, 0.3) is 10.8 Å². The van der Waals surface area contributed by atoms with Gasteiger partial charge in [-0.15, -0.1) is 0 Å². The molecule has 1 aliphatic heterocycles. The SMILES string of the molecule is C[C@@]1(c2ccc3ccccc3c2)NC(=O)N(CC(=O)NCc2ccc(Cn3cccn3)cc2)C1=O. The molecule has 8 heteroatoms. The molecule has 0 unspecified atom stereocenters. The van der Waals surface area contributed by atoms with Gasteiger partial charge in [0.25, 0.3) is 5.91 Å². The highest BCUT2D eigenvalue weighted by Crippen LogP contribution is 2.30. The highest BCUT2D eigenvalue weighted by atomic mass is 16.2. The first kappa shape index (κ1) is 22.3. The van der Waals surface area contributed by atoms with Crippen molar-refractivity contribution in [1.29, 1.82) is 0 Å². The van der Waals surface area contributed by atoms with Crippen LogP contribution < -0.4 is 10.6 Å². The third-order valence-electron chi connectivity index (χ3n) is 6.32.